The molecular weight excluding hydrogens is 266 g/mol. The van der Waals surface area contributed by atoms with Crippen molar-refractivity contribution in [3.63, 3.8) is 0 Å². The minimum atomic E-state index is 0.407. The lowest BCUT2D eigenvalue weighted by atomic mass is 9.91. The smallest absolute Gasteiger partial charge is 0.138 e. The number of halogens is 1. The minimum Gasteiger partial charge on any atom is -0.492 e. The summed E-state index contributed by atoms with van der Waals surface area (Å²) in [6.45, 7) is 8.26. The van der Waals surface area contributed by atoms with E-state index in [1.54, 1.807) is 0 Å². The molecule has 3 heteroatoms. The quantitative estimate of drug-likeness (QED) is 0.898. The Kier molecular flexibility index (Phi) is 3.55. The first-order valence-corrected chi connectivity index (χ1v) is 6.59. The second kappa shape index (κ2) is 4.76. The van der Waals surface area contributed by atoms with Crippen molar-refractivity contribution in [1.82, 2.24) is 5.32 Å². The maximum Gasteiger partial charge on any atom is 0.138 e. The average molecular weight is 284 g/mol. The highest BCUT2D eigenvalue weighted by molar-refractivity contribution is 9.10. The van der Waals surface area contributed by atoms with Gasteiger partial charge in [-0.3, -0.25) is 0 Å². The highest BCUT2D eigenvalue weighted by atomic mass is 79.9. The minimum absolute atomic E-state index is 0.407. The first-order valence-electron chi connectivity index (χ1n) is 5.79. The fourth-order valence-electron chi connectivity index (χ4n) is 2.29. The molecule has 2 nitrogen and oxygen atoms in total. The number of fused-ring (bicyclic) bond motifs is 1. The van der Waals surface area contributed by atoms with Crippen molar-refractivity contribution < 1.29 is 4.74 Å². The van der Waals surface area contributed by atoms with Crippen molar-refractivity contribution in [1.29, 1.82) is 0 Å². The highest BCUT2D eigenvalue weighted by Crippen LogP contribution is 2.40. The largest absolute Gasteiger partial charge is 0.492 e. The summed E-state index contributed by atoms with van der Waals surface area (Å²) in [5.41, 5.74) is 2.55. The zero-order valence-electron chi connectivity index (χ0n) is 10.0. The van der Waals surface area contributed by atoms with Gasteiger partial charge in [-0.05, 0) is 41.0 Å². The summed E-state index contributed by atoms with van der Waals surface area (Å²) in [5, 5.41) is 3.54. The van der Waals surface area contributed by atoms with Crippen molar-refractivity contribution in [2.24, 2.45) is 5.92 Å². The number of aryl methyl sites for hydroxylation is 1. The van der Waals surface area contributed by atoms with E-state index in [2.05, 4.69) is 54.2 Å². The van der Waals surface area contributed by atoms with Crippen LogP contribution >= 0.6 is 15.9 Å². The summed E-state index contributed by atoms with van der Waals surface area (Å²) in [7, 11) is 0. The third-order valence-corrected chi connectivity index (χ3v) is 3.62. The Morgan fingerprint density at radius 2 is 2.25 bits per heavy atom. The van der Waals surface area contributed by atoms with Crippen molar-refractivity contribution in [3.05, 3.63) is 27.7 Å². The normalized spacial score (nSPS) is 23.8. The molecule has 88 valence electrons. The Labute approximate surface area is 106 Å². The van der Waals surface area contributed by atoms with Crippen molar-refractivity contribution in [2.75, 3.05) is 13.2 Å². The summed E-state index contributed by atoms with van der Waals surface area (Å²) in [4.78, 5) is 0. The number of hydrogen-bond acceptors (Lipinski definition) is 2. The molecule has 0 amide bonds. The zero-order chi connectivity index (χ0) is 11.7. The van der Waals surface area contributed by atoms with Crippen LogP contribution in [0.1, 0.15) is 31.0 Å². The molecule has 1 aliphatic rings. The summed E-state index contributed by atoms with van der Waals surface area (Å²) in [5.74, 6) is 1.52. The Bertz CT molecular complexity index is 392. The lowest BCUT2D eigenvalue weighted by molar-refractivity contribution is 0.188. The first-order chi connectivity index (χ1) is 7.63. The lowest BCUT2D eigenvalue weighted by Gasteiger charge is -2.33. The molecule has 2 rings (SSSR count). The van der Waals surface area contributed by atoms with Gasteiger partial charge in [-0.15, -0.1) is 0 Å². The van der Waals surface area contributed by atoms with Crippen LogP contribution in [-0.4, -0.2) is 13.2 Å². The second-order valence-corrected chi connectivity index (χ2v) is 5.34. The summed E-state index contributed by atoms with van der Waals surface area (Å²) in [6.07, 6.45) is 0. The number of rotatable bonds is 2. The lowest BCUT2D eigenvalue weighted by Crippen LogP contribution is -2.34. The molecular formula is C13H18BrNO. The molecule has 1 heterocycles. The van der Waals surface area contributed by atoms with Crippen LogP contribution < -0.4 is 10.1 Å². The highest BCUT2D eigenvalue weighted by Gasteiger charge is 2.28. The van der Waals surface area contributed by atoms with Crippen LogP contribution in [0.5, 0.6) is 5.75 Å². The average Bonchev–Trinajstić information content (AvgIpc) is 2.22. The Hall–Kier alpha value is -0.540. The number of benzene rings is 1. The molecule has 0 bridgehead atoms. The van der Waals surface area contributed by atoms with Gasteiger partial charge in [-0.25, -0.2) is 0 Å². The summed E-state index contributed by atoms with van der Waals surface area (Å²) in [6, 6.07) is 4.74. The third kappa shape index (κ3) is 2.11. The van der Waals surface area contributed by atoms with Gasteiger partial charge >= 0.3 is 0 Å². The van der Waals surface area contributed by atoms with Crippen LogP contribution in [0.4, 0.5) is 0 Å². The predicted molar refractivity (Wildman–Crippen MR) is 70.0 cm³/mol. The van der Waals surface area contributed by atoms with Crippen molar-refractivity contribution >= 4 is 15.9 Å². The standard InChI is InChI=1S/C13H18BrNO/c1-4-15-12-9(3)7-16-13-10(12)5-8(2)6-11(13)14/h5-6,9,12,15H,4,7H2,1-3H3. The van der Waals surface area contributed by atoms with E-state index in [9.17, 15) is 0 Å². The van der Waals surface area contributed by atoms with Gasteiger partial charge in [-0.1, -0.05) is 19.9 Å². The van der Waals surface area contributed by atoms with Gasteiger partial charge in [0.1, 0.15) is 5.75 Å². The Morgan fingerprint density at radius 3 is 2.94 bits per heavy atom. The molecule has 1 N–H and O–H groups in total. The molecule has 0 fully saturated rings. The van der Waals surface area contributed by atoms with Crippen molar-refractivity contribution in [2.45, 2.75) is 26.8 Å². The molecule has 1 aliphatic heterocycles. The molecule has 1 aromatic rings. The molecule has 1 aromatic carbocycles. The van der Waals surface area contributed by atoms with E-state index >= 15 is 0 Å². The Morgan fingerprint density at radius 1 is 1.50 bits per heavy atom. The van der Waals surface area contributed by atoms with E-state index in [4.69, 9.17) is 4.74 Å². The number of ether oxygens (including phenoxy) is 1. The monoisotopic (exact) mass is 283 g/mol. The molecule has 2 unspecified atom stereocenters. The van der Waals surface area contributed by atoms with Crippen LogP contribution in [0.3, 0.4) is 0 Å². The summed E-state index contributed by atoms with van der Waals surface area (Å²) >= 11 is 3.58. The van der Waals surface area contributed by atoms with Gasteiger partial charge in [0.15, 0.2) is 0 Å². The first kappa shape index (κ1) is 11.9. The van der Waals surface area contributed by atoms with Crippen LogP contribution in [-0.2, 0) is 0 Å². The maximum atomic E-state index is 5.81. The van der Waals surface area contributed by atoms with E-state index in [0.29, 0.717) is 12.0 Å². The van der Waals surface area contributed by atoms with Crippen LogP contribution in [0.15, 0.2) is 16.6 Å². The van der Waals surface area contributed by atoms with Crippen LogP contribution in [0.25, 0.3) is 0 Å². The third-order valence-electron chi connectivity index (χ3n) is 3.04. The molecule has 0 radical (unpaired) electrons. The zero-order valence-corrected chi connectivity index (χ0v) is 11.6. The van der Waals surface area contributed by atoms with Gasteiger partial charge in [0.05, 0.1) is 11.1 Å². The molecule has 0 aromatic heterocycles. The molecule has 2 atom stereocenters. The number of nitrogens with one attached hydrogen (secondary N) is 1. The van der Waals surface area contributed by atoms with Gasteiger partial charge in [0, 0.05) is 17.5 Å². The van der Waals surface area contributed by atoms with Gasteiger partial charge in [-0.2, -0.15) is 0 Å². The van der Waals surface area contributed by atoms with Crippen LogP contribution in [0.2, 0.25) is 0 Å². The van der Waals surface area contributed by atoms with E-state index in [1.165, 1.54) is 11.1 Å². The molecule has 0 saturated carbocycles. The maximum absolute atomic E-state index is 5.81. The molecule has 0 saturated heterocycles. The fourth-order valence-corrected chi connectivity index (χ4v) is 2.99. The van der Waals surface area contributed by atoms with Gasteiger partial charge < -0.3 is 10.1 Å². The number of hydrogen-bond donors (Lipinski definition) is 1. The van der Waals surface area contributed by atoms with Crippen LogP contribution in [0, 0.1) is 12.8 Å². The SMILES string of the molecule is CCNC1c2cc(C)cc(Br)c2OCC1C. The fraction of sp³-hybridized carbons (Fsp3) is 0.538. The molecule has 16 heavy (non-hydrogen) atoms. The molecule has 0 aliphatic carbocycles. The van der Waals surface area contributed by atoms with Gasteiger partial charge in [0.2, 0.25) is 0 Å². The van der Waals surface area contributed by atoms with Gasteiger partial charge in [0.25, 0.3) is 0 Å². The van der Waals surface area contributed by atoms with E-state index < -0.39 is 0 Å². The predicted octanol–water partition coefficient (Wildman–Crippen LogP) is 3.44. The molecule has 0 spiro atoms. The second-order valence-electron chi connectivity index (χ2n) is 4.49. The van der Waals surface area contributed by atoms with E-state index in [0.717, 1.165) is 23.4 Å². The summed E-state index contributed by atoms with van der Waals surface area (Å²) < 4.78 is 6.88. The topological polar surface area (TPSA) is 21.3 Å². The van der Waals surface area contributed by atoms with E-state index in [1.807, 2.05) is 0 Å². The van der Waals surface area contributed by atoms with E-state index in [-0.39, 0.29) is 0 Å². The Balaban J connectivity index is 2.45. The van der Waals surface area contributed by atoms with Crippen molar-refractivity contribution in [3.8, 4) is 5.75 Å².